The molecule has 1 aromatic rings. The van der Waals surface area contributed by atoms with Crippen molar-refractivity contribution >= 4 is 0 Å². The molecule has 1 fully saturated rings. The van der Waals surface area contributed by atoms with Crippen molar-refractivity contribution in [3.8, 4) is 0 Å². The third-order valence-electron chi connectivity index (χ3n) is 6.66. The van der Waals surface area contributed by atoms with Gasteiger partial charge >= 0.3 is 0 Å². The zero-order valence-electron chi connectivity index (χ0n) is 15.5. The molecule has 3 rings (SSSR count). The molecule has 0 radical (unpaired) electrons. The molecule has 2 aliphatic carbocycles. The van der Waals surface area contributed by atoms with Gasteiger partial charge in [-0.05, 0) is 66.7 Å². The van der Waals surface area contributed by atoms with Gasteiger partial charge in [0.15, 0.2) is 0 Å². The summed E-state index contributed by atoms with van der Waals surface area (Å²) in [6.45, 7) is 2.30. The molecule has 0 heterocycles. The maximum atomic E-state index is 13.4. The second-order valence-corrected chi connectivity index (χ2v) is 8.48. The van der Waals surface area contributed by atoms with Gasteiger partial charge in [-0.3, -0.25) is 0 Å². The lowest BCUT2D eigenvalue weighted by atomic mass is 9.75. The Labute approximate surface area is 148 Å². The lowest BCUT2D eigenvalue weighted by Gasteiger charge is -2.31. The first-order chi connectivity index (χ1) is 11.7. The van der Waals surface area contributed by atoms with Crippen molar-refractivity contribution in [1.82, 2.24) is 0 Å². The van der Waals surface area contributed by atoms with Crippen LogP contribution in [0.25, 0.3) is 0 Å². The predicted molar refractivity (Wildman–Crippen MR) is 101 cm³/mol. The first-order valence-corrected chi connectivity index (χ1v) is 10.5. The summed E-state index contributed by atoms with van der Waals surface area (Å²) in [5.41, 5.74) is 2.67. The summed E-state index contributed by atoms with van der Waals surface area (Å²) in [7, 11) is 0. The molecule has 2 aliphatic rings. The molecule has 0 N–H and O–H groups in total. The summed E-state index contributed by atoms with van der Waals surface area (Å²) in [4.78, 5) is 0. The number of unbranched alkanes of at least 4 members (excludes halogenated alkanes) is 2. The van der Waals surface area contributed by atoms with E-state index < -0.39 is 0 Å². The van der Waals surface area contributed by atoms with E-state index in [1.165, 1.54) is 81.8 Å². The van der Waals surface area contributed by atoms with E-state index in [9.17, 15) is 4.39 Å². The second-order valence-electron chi connectivity index (χ2n) is 8.48. The molecule has 0 amide bonds. The van der Waals surface area contributed by atoms with Crippen LogP contribution in [0.1, 0.15) is 88.7 Å². The maximum absolute atomic E-state index is 13.4. The van der Waals surface area contributed by atoms with Gasteiger partial charge in [0.05, 0.1) is 0 Å². The van der Waals surface area contributed by atoms with E-state index in [4.69, 9.17) is 0 Å². The Bertz CT molecular complexity index is 499. The molecule has 0 bridgehead atoms. The van der Waals surface area contributed by atoms with E-state index in [1.54, 1.807) is 12.1 Å². The molecule has 1 aromatic carbocycles. The predicted octanol–water partition coefficient (Wildman–Crippen LogP) is 7.10. The Balaban J connectivity index is 1.37. The summed E-state index contributed by atoms with van der Waals surface area (Å²) >= 11 is 0. The van der Waals surface area contributed by atoms with Crippen molar-refractivity contribution in [2.75, 3.05) is 0 Å². The lowest BCUT2D eigenvalue weighted by Crippen LogP contribution is -2.18. The highest BCUT2D eigenvalue weighted by Gasteiger charge is 2.23. The van der Waals surface area contributed by atoms with E-state index in [2.05, 4.69) is 6.92 Å². The van der Waals surface area contributed by atoms with Gasteiger partial charge in [-0.25, -0.2) is 4.39 Å². The highest BCUT2D eigenvalue weighted by atomic mass is 19.1. The monoisotopic (exact) mass is 330 g/mol. The number of hydrogen-bond donors (Lipinski definition) is 0. The molecule has 0 spiro atoms. The first-order valence-electron chi connectivity index (χ1n) is 10.5. The zero-order chi connectivity index (χ0) is 16.8. The topological polar surface area (TPSA) is 0 Å². The molecular weight excluding hydrogens is 295 g/mol. The standard InChI is InChI=1S/C23H35F/c1-2-3-4-5-18-6-8-19(9-7-18)10-11-20-12-13-21-14-15-23(24)17-22(21)16-20/h14-15,17-20H,2-13,16H2,1H3. The molecule has 0 aliphatic heterocycles. The number of benzene rings is 1. The van der Waals surface area contributed by atoms with Crippen LogP contribution >= 0.6 is 0 Å². The van der Waals surface area contributed by atoms with Crippen molar-refractivity contribution in [1.29, 1.82) is 0 Å². The van der Waals surface area contributed by atoms with Crippen LogP contribution in [0.3, 0.4) is 0 Å². The summed E-state index contributed by atoms with van der Waals surface area (Å²) < 4.78 is 13.4. The third-order valence-corrected chi connectivity index (χ3v) is 6.66. The van der Waals surface area contributed by atoms with E-state index in [-0.39, 0.29) is 5.82 Å². The van der Waals surface area contributed by atoms with Gasteiger partial charge in [0.1, 0.15) is 5.82 Å². The Morgan fingerprint density at radius 1 is 0.833 bits per heavy atom. The summed E-state index contributed by atoms with van der Waals surface area (Å²) in [5.74, 6) is 2.73. The fraction of sp³-hybridized carbons (Fsp3) is 0.739. The van der Waals surface area contributed by atoms with Crippen LogP contribution in [0, 0.1) is 23.6 Å². The first kappa shape index (κ1) is 18.0. The number of halogens is 1. The summed E-state index contributed by atoms with van der Waals surface area (Å²) in [5, 5.41) is 0. The van der Waals surface area contributed by atoms with Gasteiger partial charge in [-0.2, -0.15) is 0 Å². The molecule has 0 aromatic heterocycles. The third kappa shape index (κ3) is 5.07. The van der Waals surface area contributed by atoms with Crippen molar-refractivity contribution in [2.45, 2.75) is 90.4 Å². The SMILES string of the molecule is CCCCCC1CCC(CCC2CCc3ccc(F)cc3C2)CC1. The highest BCUT2D eigenvalue weighted by Crippen LogP contribution is 2.36. The molecular formula is C23H35F. The maximum Gasteiger partial charge on any atom is 0.123 e. The average Bonchev–Trinajstić information content (AvgIpc) is 2.61. The molecule has 24 heavy (non-hydrogen) atoms. The minimum absolute atomic E-state index is 0.0594. The lowest BCUT2D eigenvalue weighted by molar-refractivity contribution is 0.233. The smallest absolute Gasteiger partial charge is 0.123 e. The fourth-order valence-corrected chi connectivity index (χ4v) is 5.01. The van der Waals surface area contributed by atoms with Gasteiger partial charge < -0.3 is 0 Å². The van der Waals surface area contributed by atoms with E-state index in [0.29, 0.717) is 0 Å². The molecule has 134 valence electrons. The Morgan fingerprint density at radius 3 is 2.29 bits per heavy atom. The van der Waals surface area contributed by atoms with Crippen LogP contribution in [-0.4, -0.2) is 0 Å². The molecule has 1 saturated carbocycles. The van der Waals surface area contributed by atoms with Crippen molar-refractivity contribution < 1.29 is 4.39 Å². The molecule has 1 atom stereocenters. The molecule has 0 nitrogen and oxygen atoms in total. The number of fused-ring (bicyclic) bond motifs is 1. The van der Waals surface area contributed by atoms with Gasteiger partial charge in [0.2, 0.25) is 0 Å². The fourth-order valence-electron chi connectivity index (χ4n) is 5.01. The van der Waals surface area contributed by atoms with Gasteiger partial charge in [0, 0.05) is 0 Å². The largest absolute Gasteiger partial charge is 0.207 e. The van der Waals surface area contributed by atoms with Crippen LogP contribution in [-0.2, 0) is 12.8 Å². The van der Waals surface area contributed by atoms with Crippen LogP contribution in [0.5, 0.6) is 0 Å². The number of rotatable bonds is 7. The van der Waals surface area contributed by atoms with Crippen molar-refractivity contribution in [3.63, 3.8) is 0 Å². The van der Waals surface area contributed by atoms with E-state index >= 15 is 0 Å². The van der Waals surface area contributed by atoms with Crippen LogP contribution in [0.15, 0.2) is 18.2 Å². The van der Waals surface area contributed by atoms with Gasteiger partial charge in [0.25, 0.3) is 0 Å². The normalized spacial score (nSPS) is 27.0. The van der Waals surface area contributed by atoms with Gasteiger partial charge in [-0.15, -0.1) is 0 Å². The minimum Gasteiger partial charge on any atom is -0.207 e. The van der Waals surface area contributed by atoms with E-state index in [1.807, 2.05) is 6.07 Å². The number of hydrogen-bond acceptors (Lipinski definition) is 0. The Hall–Kier alpha value is -0.850. The summed E-state index contributed by atoms with van der Waals surface area (Å²) in [6.07, 6.45) is 17.9. The highest BCUT2D eigenvalue weighted by molar-refractivity contribution is 5.30. The zero-order valence-corrected chi connectivity index (χ0v) is 15.5. The molecule has 0 saturated heterocycles. The van der Waals surface area contributed by atoms with Crippen LogP contribution in [0.2, 0.25) is 0 Å². The quantitative estimate of drug-likeness (QED) is 0.468. The van der Waals surface area contributed by atoms with Crippen molar-refractivity contribution in [2.24, 2.45) is 17.8 Å². The minimum atomic E-state index is -0.0594. The Kier molecular flexibility index (Phi) is 6.75. The summed E-state index contributed by atoms with van der Waals surface area (Å²) in [6, 6.07) is 5.40. The average molecular weight is 331 g/mol. The number of aryl methyl sites for hydroxylation is 1. The second kappa shape index (κ2) is 9.02. The van der Waals surface area contributed by atoms with Crippen LogP contribution in [0.4, 0.5) is 4.39 Å². The van der Waals surface area contributed by atoms with Crippen LogP contribution < -0.4 is 0 Å². The van der Waals surface area contributed by atoms with Crippen molar-refractivity contribution in [3.05, 3.63) is 35.1 Å². The molecule has 1 unspecified atom stereocenters. The molecule has 1 heteroatoms. The Morgan fingerprint density at radius 2 is 1.54 bits per heavy atom. The van der Waals surface area contributed by atoms with Gasteiger partial charge in [-0.1, -0.05) is 70.8 Å². The van der Waals surface area contributed by atoms with E-state index in [0.717, 1.165) is 30.6 Å².